The third kappa shape index (κ3) is 3.66. The third-order valence-corrected chi connectivity index (χ3v) is 3.99. The predicted molar refractivity (Wildman–Crippen MR) is 72.8 cm³/mol. The van der Waals surface area contributed by atoms with Gasteiger partial charge in [-0.15, -0.1) is 0 Å². The summed E-state index contributed by atoms with van der Waals surface area (Å²) in [5.74, 6) is 2.35. The molecule has 1 aromatic carbocycles. The fraction of sp³-hybridized carbons (Fsp3) is 0.625. The molecule has 3 atom stereocenters. The van der Waals surface area contributed by atoms with Crippen LogP contribution in [0.5, 0.6) is 0 Å². The van der Waals surface area contributed by atoms with E-state index >= 15 is 0 Å². The van der Waals surface area contributed by atoms with E-state index in [1.165, 1.54) is 24.0 Å². The number of aryl methyl sites for hydroxylation is 1. The first-order valence-electron chi connectivity index (χ1n) is 6.61. The molecule has 1 aromatic rings. The van der Waals surface area contributed by atoms with Crippen LogP contribution in [-0.2, 0) is 0 Å². The van der Waals surface area contributed by atoms with Gasteiger partial charge < -0.3 is 0 Å². The molecule has 0 aliphatic carbocycles. The molecule has 0 heterocycles. The second-order valence-electron chi connectivity index (χ2n) is 5.41. The first-order chi connectivity index (χ1) is 7.54. The first kappa shape index (κ1) is 13.3. The van der Waals surface area contributed by atoms with Gasteiger partial charge in [0, 0.05) is 0 Å². The molecule has 1 rings (SSSR count). The number of hydrogen-bond acceptors (Lipinski definition) is 0. The SMILES string of the molecule is CC[C@@H](C)[C@@H](C)C[C@H](C)c1ccc(C)cc1. The zero-order chi connectivity index (χ0) is 12.1. The van der Waals surface area contributed by atoms with Crippen LogP contribution in [0.1, 0.15) is 57.6 Å². The van der Waals surface area contributed by atoms with E-state index in [0.717, 1.165) is 11.8 Å². The van der Waals surface area contributed by atoms with E-state index in [4.69, 9.17) is 0 Å². The van der Waals surface area contributed by atoms with Gasteiger partial charge in [-0.05, 0) is 36.7 Å². The van der Waals surface area contributed by atoms with Crippen LogP contribution in [0.3, 0.4) is 0 Å². The molecule has 0 aliphatic rings. The summed E-state index contributed by atoms with van der Waals surface area (Å²) < 4.78 is 0. The van der Waals surface area contributed by atoms with Crippen molar-refractivity contribution >= 4 is 0 Å². The Morgan fingerprint density at radius 1 is 0.938 bits per heavy atom. The van der Waals surface area contributed by atoms with Gasteiger partial charge >= 0.3 is 0 Å². The molecule has 0 N–H and O–H groups in total. The summed E-state index contributed by atoms with van der Waals surface area (Å²) in [6.45, 7) is 11.5. The van der Waals surface area contributed by atoms with Crippen molar-refractivity contribution in [2.75, 3.05) is 0 Å². The Labute approximate surface area is 101 Å². The fourth-order valence-corrected chi connectivity index (χ4v) is 2.22. The molecule has 0 bridgehead atoms. The highest BCUT2D eigenvalue weighted by molar-refractivity contribution is 5.24. The summed E-state index contributed by atoms with van der Waals surface area (Å²) in [4.78, 5) is 0. The Balaban J connectivity index is 2.58. The summed E-state index contributed by atoms with van der Waals surface area (Å²) >= 11 is 0. The molecule has 0 nitrogen and oxygen atoms in total. The standard InChI is InChI=1S/C16H26/c1-6-13(3)14(4)11-15(5)16-9-7-12(2)8-10-16/h7-10,13-15H,6,11H2,1-5H3/t13-,14+,15+/m1/s1. The maximum atomic E-state index is 2.39. The second kappa shape index (κ2) is 6.08. The van der Waals surface area contributed by atoms with Gasteiger partial charge in [-0.2, -0.15) is 0 Å². The number of benzene rings is 1. The van der Waals surface area contributed by atoms with Gasteiger partial charge in [0.15, 0.2) is 0 Å². The number of hydrogen-bond donors (Lipinski definition) is 0. The predicted octanol–water partition coefficient (Wildman–Crippen LogP) is 5.17. The first-order valence-corrected chi connectivity index (χ1v) is 6.61. The largest absolute Gasteiger partial charge is 0.0651 e. The summed E-state index contributed by atoms with van der Waals surface area (Å²) in [6, 6.07) is 9.01. The Kier molecular flexibility index (Phi) is 5.05. The Morgan fingerprint density at radius 2 is 1.50 bits per heavy atom. The molecule has 0 heteroatoms. The molecule has 90 valence electrons. The lowest BCUT2D eigenvalue weighted by atomic mass is 9.83. The van der Waals surface area contributed by atoms with Crippen LogP contribution >= 0.6 is 0 Å². The molecule has 0 saturated carbocycles. The number of rotatable bonds is 5. The van der Waals surface area contributed by atoms with Gasteiger partial charge in [-0.3, -0.25) is 0 Å². The van der Waals surface area contributed by atoms with Crippen LogP contribution in [0.2, 0.25) is 0 Å². The van der Waals surface area contributed by atoms with E-state index in [2.05, 4.69) is 58.9 Å². The van der Waals surface area contributed by atoms with Gasteiger partial charge in [0.2, 0.25) is 0 Å². The van der Waals surface area contributed by atoms with Crippen molar-refractivity contribution in [2.45, 2.75) is 53.4 Å². The zero-order valence-corrected chi connectivity index (χ0v) is 11.5. The highest BCUT2D eigenvalue weighted by Gasteiger charge is 2.15. The van der Waals surface area contributed by atoms with E-state index in [1.54, 1.807) is 0 Å². The minimum absolute atomic E-state index is 0.685. The smallest absolute Gasteiger partial charge is 0.0188 e. The molecule has 0 spiro atoms. The summed E-state index contributed by atoms with van der Waals surface area (Å²) in [5.41, 5.74) is 2.84. The molecule has 0 aromatic heterocycles. The highest BCUT2D eigenvalue weighted by Crippen LogP contribution is 2.28. The minimum Gasteiger partial charge on any atom is -0.0651 e. The zero-order valence-electron chi connectivity index (χ0n) is 11.5. The van der Waals surface area contributed by atoms with Crippen molar-refractivity contribution < 1.29 is 0 Å². The Hall–Kier alpha value is -0.780. The summed E-state index contributed by atoms with van der Waals surface area (Å²) in [7, 11) is 0. The van der Waals surface area contributed by atoms with Crippen LogP contribution < -0.4 is 0 Å². The van der Waals surface area contributed by atoms with Crippen LogP contribution in [0.25, 0.3) is 0 Å². The van der Waals surface area contributed by atoms with Gasteiger partial charge in [-0.25, -0.2) is 0 Å². The quantitative estimate of drug-likeness (QED) is 0.639. The van der Waals surface area contributed by atoms with E-state index in [1.807, 2.05) is 0 Å². The summed E-state index contributed by atoms with van der Waals surface area (Å²) in [5, 5.41) is 0. The minimum atomic E-state index is 0.685. The molecule has 16 heavy (non-hydrogen) atoms. The van der Waals surface area contributed by atoms with Gasteiger partial charge in [0.05, 0.1) is 0 Å². The molecule has 0 fully saturated rings. The van der Waals surface area contributed by atoms with Crippen LogP contribution in [0.4, 0.5) is 0 Å². The second-order valence-corrected chi connectivity index (χ2v) is 5.41. The average molecular weight is 218 g/mol. The van der Waals surface area contributed by atoms with E-state index < -0.39 is 0 Å². The van der Waals surface area contributed by atoms with E-state index in [9.17, 15) is 0 Å². The highest BCUT2D eigenvalue weighted by atomic mass is 14.2. The topological polar surface area (TPSA) is 0 Å². The molecular formula is C16H26. The molecule has 0 amide bonds. The molecule has 0 radical (unpaired) electrons. The monoisotopic (exact) mass is 218 g/mol. The van der Waals surface area contributed by atoms with E-state index in [-0.39, 0.29) is 0 Å². The maximum Gasteiger partial charge on any atom is -0.0188 e. The third-order valence-electron chi connectivity index (χ3n) is 3.99. The lowest BCUT2D eigenvalue weighted by Gasteiger charge is -2.22. The molecule has 0 saturated heterocycles. The van der Waals surface area contributed by atoms with Crippen molar-refractivity contribution in [3.63, 3.8) is 0 Å². The van der Waals surface area contributed by atoms with Gasteiger partial charge in [0.1, 0.15) is 0 Å². The van der Waals surface area contributed by atoms with Crippen molar-refractivity contribution in [1.82, 2.24) is 0 Å². The maximum absolute atomic E-state index is 2.39. The Bertz CT molecular complexity index is 296. The van der Waals surface area contributed by atoms with Crippen LogP contribution in [0, 0.1) is 18.8 Å². The lowest BCUT2D eigenvalue weighted by molar-refractivity contribution is 0.336. The Morgan fingerprint density at radius 3 is 2.00 bits per heavy atom. The molecular weight excluding hydrogens is 192 g/mol. The van der Waals surface area contributed by atoms with Crippen molar-refractivity contribution in [1.29, 1.82) is 0 Å². The summed E-state index contributed by atoms with van der Waals surface area (Å²) in [6.07, 6.45) is 2.60. The van der Waals surface area contributed by atoms with Crippen molar-refractivity contribution in [2.24, 2.45) is 11.8 Å². The van der Waals surface area contributed by atoms with Gasteiger partial charge in [-0.1, -0.05) is 63.9 Å². The van der Waals surface area contributed by atoms with E-state index in [0.29, 0.717) is 5.92 Å². The lowest BCUT2D eigenvalue weighted by Crippen LogP contribution is -2.10. The molecule has 0 aliphatic heterocycles. The average Bonchev–Trinajstić information content (AvgIpc) is 2.28. The van der Waals surface area contributed by atoms with Crippen LogP contribution in [-0.4, -0.2) is 0 Å². The van der Waals surface area contributed by atoms with Crippen molar-refractivity contribution in [3.8, 4) is 0 Å². The van der Waals surface area contributed by atoms with Crippen LogP contribution in [0.15, 0.2) is 24.3 Å². The molecule has 0 unspecified atom stereocenters. The van der Waals surface area contributed by atoms with Gasteiger partial charge in [0.25, 0.3) is 0 Å². The fourth-order valence-electron chi connectivity index (χ4n) is 2.22. The normalized spacial score (nSPS) is 16.8. The van der Waals surface area contributed by atoms with Crippen molar-refractivity contribution in [3.05, 3.63) is 35.4 Å².